The fourth-order valence-corrected chi connectivity index (χ4v) is 5.86. The van der Waals surface area contributed by atoms with Gasteiger partial charge in [0.2, 0.25) is 0 Å². The molecule has 2 saturated heterocycles. The fourth-order valence-electron chi connectivity index (χ4n) is 4.78. The van der Waals surface area contributed by atoms with Gasteiger partial charge in [0.1, 0.15) is 29.9 Å². The van der Waals surface area contributed by atoms with Crippen molar-refractivity contribution >= 4 is 22.5 Å². The van der Waals surface area contributed by atoms with E-state index in [4.69, 9.17) is 18.9 Å². The first-order valence-electron chi connectivity index (χ1n) is 12.2. The van der Waals surface area contributed by atoms with Crippen molar-refractivity contribution in [1.29, 1.82) is 0 Å². The Balaban J connectivity index is 1.24. The first-order chi connectivity index (χ1) is 17.7. The first-order valence-corrected chi connectivity index (χ1v) is 13.1. The molecule has 0 aliphatic carbocycles. The SMILES string of the molecule is O[C@@H]1[C@@H](OCc2ccc3ccccc3c2)[C@@H]2O[C@H](c3ccccc3)OC[C@H]2O[C@H]1Sc1ccccc1. The maximum absolute atomic E-state index is 11.4. The normalized spacial score (nSPS) is 28.0. The second-order valence-corrected chi connectivity index (χ2v) is 10.3. The summed E-state index contributed by atoms with van der Waals surface area (Å²) >= 11 is 1.49. The molecule has 2 aliphatic heterocycles. The smallest absolute Gasteiger partial charge is 0.184 e. The van der Waals surface area contributed by atoms with Crippen LogP contribution in [0, 0.1) is 0 Å². The number of hydrogen-bond acceptors (Lipinski definition) is 6. The highest BCUT2D eigenvalue weighted by Crippen LogP contribution is 2.40. The van der Waals surface area contributed by atoms with E-state index in [2.05, 4.69) is 30.3 Å². The number of hydrogen-bond donors (Lipinski definition) is 1. The van der Waals surface area contributed by atoms with Crippen LogP contribution in [0.15, 0.2) is 108 Å². The number of aliphatic hydroxyl groups excluding tert-OH is 1. The van der Waals surface area contributed by atoms with Crippen LogP contribution in [0.2, 0.25) is 0 Å². The molecule has 0 saturated carbocycles. The van der Waals surface area contributed by atoms with Crippen LogP contribution in [0.1, 0.15) is 17.4 Å². The summed E-state index contributed by atoms with van der Waals surface area (Å²) in [6.07, 6.45) is -2.81. The molecule has 0 bridgehead atoms. The molecule has 0 aromatic heterocycles. The van der Waals surface area contributed by atoms with Crippen molar-refractivity contribution < 1.29 is 24.1 Å². The predicted octanol–water partition coefficient (Wildman–Crippen LogP) is 5.72. The summed E-state index contributed by atoms with van der Waals surface area (Å²) in [5.74, 6) is 0. The van der Waals surface area contributed by atoms with Crippen molar-refractivity contribution in [3.05, 3.63) is 114 Å². The van der Waals surface area contributed by atoms with Crippen molar-refractivity contribution in [2.75, 3.05) is 6.61 Å². The summed E-state index contributed by atoms with van der Waals surface area (Å²) in [4.78, 5) is 1.02. The second kappa shape index (κ2) is 10.7. The van der Waals surface area contributed by atoms with E-state index in [-0.39, 0.29) is 6.10 Å². The van der Waals surface area contributed by atoms with Gasteiger partial charge in [-0.2, -0.15) is 0 Å². The predicted molar refractivity (Wildman–Crippen MR) is 139 cm³/mol. The number of benzene rings is 4. The van der Waals surface area contributed by atoms with E-state index in [9.17, 15) is 5.11 Å². The number of ether oxygens (including phenoxy) is 4. The molecule has 0 spiro atoms. The Bertz CT molecular complexity index is 1280. The molecule has 36 heavy (non-hydrogen) atoms. The lowest BCUT2D eigenvalue weighted by Gasteiger charge is -2.47. The van der Waals surface area contributed by atoms with E-state index < -0.39 is 30.0 Å². The molecule has 4 aromatic rings. The summed E-state index contributed by atoms with van der Waals surface area (Å²) in [5, 5.41) is 13.8. The van der Waals surface area contributed by atoms with Gasteiger partial charge in [-0.3, -0.25) is 0 Å². The first kappa shape index (κ1) is 23.7. The molecule has 5 nitrogen and oxygen atoms in total. The van der Waals surface area contributed by atoms with E-state index in [0.29, 0.717) is 13.2 Å². The Kier molecular flexibility index (Phi) is 7.05. The Morgan fingerprint density at radius 1 is 0.806 bits per heavy atom. The average molecular weight is 501 g/mol. The lowest BCUT2D eigenvalue weighted by molar-refractivity contribution is -0.325. The zero-order valence-electron chi connectivity index (χ0n) is 19.7. The van der Waals surface area contributed by atoms with Gasteiger partial charge in [-0.1, -0.05) is 96.7 Å². The molecular formula is C30H28O5S. The number of thioether (sulfide) groups is 1. The van der Waals surface area contributed by atoms with Crippen molar-refractivity contribution in [2.45, 2.75) is 47.6 Å². The standard InChI is InChI=1S/C30H28O5S/c31-26-28(32-18-20-15-16-21-9-7-8-12-23(21)17-20)27-25(34-30(26)36-24-13-5-2-6-14-24)19-33-29(35-27)22-10-3-1-4-11-22/h1-17,25-31H,18-19H2/t25-,26-,27-,28-,29-,30+/m1/s1. The Hall–Kier alpha value is -2.71. The van der Waals surface area contributed by atoms with Crippen LogP contribution < -0.4 is 0 Å². The van der Waals surface area contributed by atoms with Gasteiger partial charge in [0.25, 0.3) is 0 Å². The highest BCUT2D eigenvalue weighted by atomic mass is 32.2. The highest BCUT2D eigenvalue weighted by Gasteiger charge is 2.50. The van der Waals surface area contributed by atoms with Crippen molar-refractivity contribution in [3.63, 3.8) is 0 Å². The number of rotatable bonds is 6. The van der Waals surface area contributed by atoms with E-state index in [1.165, 1.54) is 17.1 Å². The summed E-state index contributed by atoms with van der Waals surface area (Å²) < 4.78 is 25.1. The van der Waals surface area contributed by atoms with Gasteiger partial charge in [-0.05, 0) is 34.5 Å². The lowest BCUT2D eigenvalue weighted by Crippen LogP contribution is -2.61. The van der Waals surface area contributed by atoms with Gasteiger partial charge >= 0.3 is 0 Å². The van der Waals surface area contributed by atoms with Crippen LogP contribution in [-0.2, 0) is 25.6 Å². The fraction of sp³-hybridized carbons (Fsp3) is 0.267. The molecule has 0 unspecified atom stereocenters. The molecule has 184 valence electrons. The van der Waals surface area contributed by atoms with Gasteiger partial charge in [-0.15, -0.1) is 0 Å². The van der Waals surface area contributed by atoms with Crippen LogP contribution in [0.4, 0.5) is 0 Å². The molecular weight excluding hydrogens is 472 g/mol. The van der Waals surface area contributed by atoms with Crippen LogP contribution in [0.3, 0.4) is 0 Å². The van der Waals surface area contributed by atoms with E-state index in [1.54, 1.807) is 0 Å². The third-order valence-corrected chi connectivity index (χ3v) is 7.80. The third-order valence-electron chi connectivity index (χ3n) is 6.63. The van der Waals surface area contributed by atoms with Gasteiger partial charge < -0.3 is 24.1 Å². The lowest BCUT2D eigenvalue weighted by atomic mass is 9.98. The van der Waals surface area contributed by atoms with Gasteiger partial charge in [0, 0.05) is 10.5 Å². The Labute approximate surface area is 215 Å². The molecule has 1 N–H and O–H groups in total. The highest BCUT2D eigenvalue weighted by molar-refractivity contribution is 7.99. The van der Waals surface area contributed by atoms with Crippen LogP contribution in [-0.4, -0.2) is 41.6 Å². The molecule has 6 rings (SSSR count). The van der Waals surface area contributed by atoms with E-state index >= 15 is 0 Å². The van der Waals surface area contributed by atoms with E-state index in [1.807, 2.05) is 72.8 Å². The minimum atomic E-state index is -0.883. The zero-order valence-corrected chi connectivity index (χ0v) is 20.5. The molecule has 2 aliphatic rings. The molecule has 6 heteroatoms. The van der Waals surface area contributed by atoms with Crippen molar-refractivity contribution in [3.8, 4) is 0 Å². The van der Waals surface area contributed by atoms with Crippen molar-refractivity contribution in [1.82, 2.24) is 0 Å². The summed E-state index contributed by atoms with van der Waals surface area (Å²) in [5.41, 5.74) is 1.47. The summed E-state index contributed by atoms with van der Waals surface area (Å²) in [6, 6.07) is 34.3. The largest absolute Gasteiger partial charge is 0.387 e. The van der Waals surface area contributed by atoms with Crippen molar-refractivity contribution in [2.24, 2.45) is 0 Å². The molecule has 2 fully saturated rings. The quantitative estimate of drug-likeness (QED) is 0.366. The summed E-state index contributed by atoms with van der Waals surface area (Å²) in [6.45, 7) is 0.720. The molecule has 0 radical (unpaired) electrons. The maximum Gasteiger partial charge on any atom is 0.184 e. The average Bonchev–Trinajstić information content (AvgIpc) is 2.94. The van der Waals surface area contributed by atoms with Crippen LogP contribution in [0.5, 0.6) is 0 Å². The third kappa shape index (κ3) is 5.06. The minimum absolute atomic E-state index is 0.351. The zero-order chi connectivity index (χ0) is 24.3. The van der Waals surface area contributed by atoms with Gasteiger partial charge in [0.05, 0.1) is 13.2 Å². The molecule has 6 atom stereocenters. The van der Waals surface area contributed by atoms with Crippen LogP contribution in [0.25, 0.3) is 10.8 Å². The van der Waals surface area contributed by atoms with Gasteiger partial charge in [-0.25, -0.2) is 0 Å². The van der Waals surface area contributed by atoms with Crippen LogP contribution >= 0.6 is 11.8 Å². The maximum atomic E-state index is 11.4. The number of fused-ring (bicyclic) bond motifs is 2. The van der Waals surface area contributed by atoms with Gasteiger partial charge in [0.15, 0.2) is 6.29 Å². The van der Waals surface area contributed by atoms with E-state index in [0.717, 1.165) is 21.4 Å². The number of aliphatic hydroxyl groups is 1. The Morgan fingerprint density at radius 3 is 2.33 bits per heavy atom. The summed E-state index contributed by atoms with van der Waals surface area (Å²) in [7, 11) is 0. The Morgan fingerprint density at radius 2 is 1.53 bits per heavy atom. The molecule has 0 amide bonds. The molecule has 2 heterocycles. The monoisotopic (exact) mass is 500 g/mol. The molecule has 4 aromatic carbocycles. The second-order valence-electron chi connectivity index (χ2n) is 9.10. The topological polar surface area (TPSA) is 57.2 Å². The minimum Gasteiger partial charge on any atom is -0.387 e.